The summed E-state index contributed by atoms with van der Waals surface area (Å²) in [7, 11) is 0. The molecule has 1 aliphatic rings. The fourth-order valence-corrected chi connectivity index (χ4v) is 2.36. The molecule has 2 aromatic rings. The van der Waals surface area contributed by atoms with E-state index in [-0.39, 0.29) is 6.04 Å². The van der Waals surface area contributed by atoms with Gasteiger partial charge in [-0.15, -0.1) is 0 Å². The van der Waals surface area contributed by atoms with Gasteiger partial charge in [-0.25, -0.2) is 4.98 Å². The first-order valence-electron chi connectivity index (χ1n) is 5.47. The number of fused-ring (bicyclic) bond motifs is 1. The summed E-state index contributed by atoms with van der Waals surface area (Å²) in [5.74, 6) is 0.927. The van der Waals surface area contributed by atoms with Crippen LogP contribution in [0, 0.1) is 6.92 Å². The molecule has 1 aliphatic heterocycles. The molecule has 0 spiro atoms. The second-order valence-corrected chi connectivity index (χ2v) is 4.19. The number of rotatable bonds is 1. The summed E-state index contributed by atoms with van der Waals surface area (Å²) in [6.07, 6.45) is -0.434. The fourth-order valence-electron chi connectivity index (χ4n) is 2.36. The number of imidazole rings is 1. The summed E-state index contributed by atoms with van der Waals surface area (Å²) in [6, 6.07) is 7.97. The van der Waals surface area contributed by atoms with Crippen molar-refractivity contribution in [2.45, 2.75) is 19.1 Å². The molecule has 1 fully saturated rings. The first-order chi connectivity index (χ1) is 7.77. The Morgan fingerprint density at radius 3 is 2.94 bits per heavy atom. The molecule has 1 aromatic carbocycles. The van der Waals surface area contributed by atoms with Crippen molar-refractivity contribution in [2.75, 3.05) is 13.2 Å². The molecular formula is C12H14N2O2. The number of hydrogen-bond donors (Lipinski definition) is 1. The number of aliphatic hydroxyl groups is 1. The molecule has 84 valence electrons. The maximum Gasteiger partial charge on any atom is 0.107 e. The molecule has 0 amide bonds. The number of hydrogen-bond acceptors (Lipinski definition) is 3. The van der Waals surface area contributed by atoms with Crippen LogP contribution in [0.4, 0.5) is 0 Å². The monoisotopic (exact) mass is 218 g/mol. The Kier molecular flexibility index (Phi) is 2.19. The van der Waals surface area contributed by atoms with Crippen molar-refractivity contribution in [3.05, 3.63) is 30.1 Å². The molecule has 0 aliphatic carbocycles. The van der Waals surface area contributed by atoms with Crippen LogP contribution < -0.4 is 0 Å². The van der Waals surface area contributed by atoms with Crippen LogP contribution in [0.2, 0.25) is 0 Å². The van der Waals surface area contributed by atoms with Gasteiger partial charge in [0.15, 0.2) is 0 Å². The van der Waals surface area contributed by atoms with Crippen molar-refractivity contribution >= 4 is 11.0 Å². The zero-order chi connectivity index (χ0) is 11.1. The molecule has 0 bridgehead atoms. The Morgan fingerprint density at radius 2 is 2.19 bits per heavy atom. The van der Waals surface area contributed by atoms with Gasteiger partial charge in [-0.1, -0.05) is 12.1 Å². The van der Waals surface area contributed by atoms with E-state index in [1.165, 1.54) is 0 Å². The molecule has 0 radical (unpaired) electrons. The average molecular weight is 218 g/mol. The molecule has 2 heterocycles. The van der Waals surface area contributed by atoms with Gasteiger partial charge in [-0.05, 0) is 19.1 Å². The van der Waals surface area contributed by atoms with Gasteiger partial charge in [0.25, 0.3) is 0 Å². The number of aliphatic hydroxyl groups excluding tert-OH is 1. The van der Waals surface area contributed by atoms with E-state index in [2.05, 4.69) is 9.55 Å². The normalized spacial score (nSPS) is 25.4. The summed E-state index contributed by atoms with van der Waals surface area (Å²) >= 11 is 0. The second-order valence-electron chi connectivity index (χ2n) is 4.19. The fraction of sp³-hybridized carbons (Fsp3) is 0.417. The molecule has 1 aromatic heterocycles. The van der Waals surface area contributed by atoms with Crippen LogP contribution in [-0.2, 0) is 4.74 Å². The minimum atomic E-state index is -0.434. The third kappa shape index (κ3) is 1.34. The van der Waals surface area contributed by atoms with E-state index >= 15 is 0 Å². The van der Waals surface area contributed by atoms with Crippen molar-refractivity contribution in [1.29, 1.82) is 0 Å². The summed E-state index contributed by atoms with van der Waals surface area (Å²) in [5, 5.41) is 9.87. The van der Waals surface area contributed by atoms with Gasteiger partial charge < -0.3 is 14.4 Å². The molecule has 4 nitrogen and oxygen atoms in total. The van der Waals surface area contributed by atoms with E-state index in [0.717, 1.165) is 16.9 Å². The van der Waals surface area contributed by atoms with Crippen LogP contribution in [0.3, 0.4) is 0 Å². The SMILES string of the molecule is Cc1nc2ccccc2n1C1COCC1O. The highest BCUT2D eigenvalue weighted by molar-refractivity contribution is 5.76. The van der Waals surface area contributed by atoms with Crippen LogP contribution in [-0.4, -0.2) is 34.0 Å². The Balaban J connectivity index is 2.18. The zero-order valence-electron chi connectivity index (χ0n) is 9.13. The maximum atomic E-state index is 9.87. The molecule has 2 unspecified atom stereocenters. The molecule has 0 saturated carbocycles. The standard InChI is InChI=1S/C12H14N2O2/c1-8-13-9-4-2-3-5-10(9)14(8)11-6-16-7-12(11)15/h2-5,11-12,15H,6-7H2,1H3. The van der Waals surface area contributed by atoms with Crippen LogP contribution in [0.15, 0.2) is 24.3 Å². The van der Waals surface area contributed by atoms with E-state index in [1.54, 1.807) is 0 Å². The van der Waals surface area contributed by atoms with Crippen LogP contribution in [0.1, 0.15) is 11.9 Å². The van der Waals surface area contributed by atoms with Crippen LogP contribution in [0.5, 0.6) is 0 Å². The molecule has 3 rings (SSSR count). The summed E-state index contributed by atoms with van der Waals surface area (Å²) < 4.78 is 7.37. The highest BCUT2D eigenvalue weighted by Gasteiger charge is 2.29. The molecule has 16 heavy (non-hydrogen) atoms. The summed E-state index contributed by atoms with van der Waals surface area (Å²) in [5.41, 5.74) is 2.04. The number of para-hydroxylation sites is 2. The Hall–Kier alpha value is -1.39. The van der Waals surface area contributed by atoms with Gasteiger partial charge in [0.1, 0.15) is 11.9 Å². The molecular weight excluding hydrogens is 204 g/mol. The number of ether oxygens (including phenoxy) is 1. The van der Waals surface area contributed by atoms with Gasteiger partial charge in [0.2, 0.25) is 0 Å². The smallest absolute Gasteiger partial charge is 0.107 e. The number of aromatic nitrogens is 2. The van der Waals surface area contributed by atoms with E-state index in [0.29, 0.717) is 13.2 Å². The lowest BCUT2D eigenvalue weighted by Gasteiger charge is -2.17. The first kappa shape index (κ1) is 9.81. The van der Waals surface area contributed by atoms with Gasteiger partial charge in [0.05, 0.1) is 30.3 Å². The lowest BCUT2D eigenvalue weighted by molar-refractivity contribution is 0.119. The summed E-state index contributed by atoms with van der Waals surface area (Å²) in [6.45, 7) is 2.93. The lowest BCUT2D eigenvalue weighted by Crippen LogP contribution is -2.22. The number of nitrogens with zero attached hydrogens (tertiary/aromatic N) is 2. The lowest BCUT2D eigenvalue weighted by atomic mass is 10.2. The highest BCUT2D eigenvalue weighted by atomic mass is 16.5. The predicted molar refractivity (Wildman–Crippen MR) is 60.3 cm³/mol. The second kappa shape index (κ2) is 3.57. The van der Waals surface area contributed by atoms with Gasteiger partial charge >= 0.3 is 0 Å². The Labute approximate surface area is 93.5 Å². The molecule has 1 N–H and O–H groups in total. The largest absolute Gasteiger partial charge is 0.388 e. The quantitative estimate of drug-likeness (QED) is 0.784. The van der Waals surface area contributed by atoms with Crippen molar-refractivity contribution in [2.24, 2.45) is 0 Å². The summed E-state index contributed by atoms with van der Waals surface area (Å²) in [4.78, 5) is 4.49. The molecule has 1 saturated heterocycles. The molecule has 4 heteroatoms. The van der Waals surface area contributed by atoms with Crippen molar-refractivity contribution < 1.29 is 9.84 Å². The van der Waals surface area contributed by atoms with E-state index < -0.39 is 6.10 Å². The number of benzene rings is 1. The zero-order valence-corrected chi connectivity index (χ0v) is 9.13. The van der Waals surface area contributed by atoms with Gasteiger partial charge in [-0.2, -0.15) is 0 Å². The third-order valence-electron chi connectivity index (χ3n) is 3.13. The highest BCUT2D eigenvalue weighted by Crippen LogP contribution is 2.26. The minimum Gasteiger partial charge on any atom is -0.388 e. The number of aryl methyl sites for hydroxylation is 1. The van der Waals surface area contributed by atoms with Crippen molar-refractivity contribution in [3.8, 4) is 0 Å². The van der Waals surface area contributed by atoms with Crippen molar-refractivity contribution in [3.63, 3.8) is 0 Å². The first-order valence-corrected chi connectivity index (χ1v) is 5.47. The third-order valence-corrected chi connectivity index (χ3v) is 3.13. The van der Waals surface area contributed by atoms with Crippen molar-refractivity contribution in [1.82, 2.24) is 9.55 Å². The maximum absolute atomic E-state index is 9.87. The molecule has 2 atom stereocenters. The van der Waals surface area contributed by atoms with Gasteiger partial charge in [0, 0.05) is 0 Å². The van der Waals surface area contributed by atoms with Crippen LogP contribution in [0.25, 0.3) is 11.0 Å². The minimum absolute atomic E-state index is 0.00704. The Bertz CT molecular complexity index is 521. The van der Waals surface area contributed by atoms with E-state index in [4.69, 9.17) is 4.74 Å². The topological polar surface area (TPSA) is 47.3 Å². The van der Waals surface area contributed by atoms with Crippen LogP contribution >= 0.6 is 0 Å². The average Bonchev–Trinajstić information content (AvgIpc) is 2.81. The Morgan fingerprint density at radius 1 is 1.38 bits per heavy atom. The van der Waals surface area contributed by atoms with E-state index in [9.17, 15) is 5.11 Å². The van der Waals surface area contributed by atoms with E-state index in [1.807, 2.05) is 31.2 Å². The predicted octanol–water partition coefficient (Wildman–Crippen LogP) is 1.28. The van der Waals surface area contributed by atoms with Gasteiger partial charge in [-0.3, -0.25) is 0 Å².